The molecule has 1 aromatic rings. The summed E-state index contributed by atoms with van der Waals surface area (Å²) in [4.78, 5) is 6.71. The van der Waals surface area contributed by atoms with E-state index in [1.54, 1.807) is 13.1 Å². The molecule has 4 nitrogen and oxygen atoms in total. The monoisotopic (exact) mass is 303 g/mol. The van der Waals surface area contributed by atoms with Gasteiger partial charge in [0.15, 0.2) is 0 Å². The maximum atomic E-state index is 9.04. The Balaban J connectivity index is 2.28. The Kier molecular flexibility index (Phi) is 5.13. The lowest BCUT2D eigenvalue weighted by atomic mass is 9.91. The largest absolute Gasteiger partial charge is 0.396 e. The van der Waals surface area contributed by atoms with E-state index >= 15 is 0 Å². The first-order valence-corrected chi connectivity index (χ1v) is 7.34. The van der Waals surface area contributed by atoms with Crippen LogP contribution in [-0.4, -0.2) is 36.3 Å². The summed E-state index contributed by atoms with van der Waals surface area (Å²) >= 11 is 12.3. The second-order valence-corrected chi connectivity index (χ2v) is 5.54. The Morgan fingerprint density at radius 3 is 2.68 bits per heavy atom. The van der Waals surface area contributed by atoms with Crippen LogP contribution in [0, 0.1) is 0 Å². The van der Waals surface area contributed by atoms with Crippen molar-refractivity contribution in [2.45, 2.75) is 31.7 Å². The fourth-order valence-electron chi connectivity index (χ4n) is 2.23. The lowest BCUT2D eigenvalue weighted by Gasteiger charge is -2.39. The summed E-state index contributed by atoms with van der Waals surface area (Å²) in [7, 11) is 1.79. The molecule has 0 atom stereocenters. The summed E-state index contributed by atoms with van der Waals surface area (Å²) in [5, 5.41) is 13.1. The van der Waals surface area contributed by atoms with Gasteiger partial charge in [0, 0.05) is 26.2 Å². The summed E-state index contributed by atoms with van der Waals surface area (Å²) in [5.41, 5.74) is 0. The van der Waals surface area contributed by atoms with E-state index in [0.717, 1.165) is 25.2 Å². The van der Waals surface area contributed by atoms with Crippen LogP contribution in [0.5, 0.6) is 0 Å². The lowest BCUT2D eigenvalue weighted by Crippen LogP contribution is -2.41. The highest BCUT2D eigenvalue weighted by Crippen LogP contribution is 2.36. The molecule has 19 heavy (non-hydrogen) atoms. The predicted molar refractivity (Wildman–Crippen MR) is 80.5 cm³/mol. The molecule has 0 saturated heterocycles. The van der Waals surface area contributed by atoms with E-state index in [9.17, 15) is 0 Å². The van der Waals surface area contributed by atoms with Gasteiger partial charge in [-0.1, -0.05) is 23.2 Å². The van der Waals surface area contributed by atoms with Crippen molar-refractivity contribution in [3.63, 3.8) is 0 Å². The average Bonchev–Trinajstić information content (AvgIpc) is 2.32. The SMILES string of the molecule is CNc1nc(N(CCCO)C2CCC2)c(Cl)cc1Cl. The molecule has 0 bridgehead atoms. The topological polar surface area (TPSA) is 48.4 Å². The number of anilines is 2. The third-order valence-electron chi connectivity index (χ3n) is 3.49. The van der Waals surface area contributed by atoms with Crippen molar-refractivity contribution in [3.05, 3.63) is 16.1 Å². The van der Waals surface area contributed by atoms with Gasteiger partial charge in [-0.25, -0.2) is 4.98 Å². The number of rotatable bonds is 6. The highest BCUT2D eigenvalue weighted by Gasteiger charge is 2.27. The number of aliphatic hydroxyl groups is 1. The summed E-state index contributed by atoms with van der Waals surface area (Å²) in [6.45, 7) is 0.936. The minimum Gasteiger partial charge on any atom is -0.396 e. The van der Waals surface area contributed by atoms with Crippen molar-refractivity contribution in [3.8, 4) is 0 Å². The molecule has 0 spiro atoms. The number of nitrogens with zero attached hydrogens (tertiary/aromatic N) is 2. The smallest absolute Gasteiger partial charge is 0.150 e. The van der Waals surface area contributed by atoms with E-state index in [0.29, 0.717) is 28.3 Å². The zero-order valence-electron chi connectivity index (χ0n) is 11.0. The molecule has 0 aliphatic heterocycles. The molecule has 0 aromatic carbocycles. The van der Waals surface area contributed by atoms with Gasteiger partial charge in [-0.15, -0.1) is 0 Å². The van der Waals surface area contributed by atoms with Gasteiger partial charge in [-0.2, -0.15) is 0 Å². The van der Waals surface area contributed by atoms with E-state index in [1.165, 1.54) is 6.42 Å². The van der Waals surface area contributed by atoms with E-state index in [2.05, 4.69) is 15.2 Å². The van der Waals surface area contributed by atoms with Gasteiger partial charge in [0.2, 0.25) is 0 Å². The van der Waals surface area contributed by atoms with Crippen molar-refractivity contribution in [1.29, 1.82) is 0 Å². The van der Waals surface area contributed by atoms with Crippen LogP contribution in [0.15, 0.2) is 6.07 Å². The molecule has 1 saturated carbocycles. The highest BCUT2D eigenvalue weighted by atomic mass is 35.5. The fraction of sp³-hybridized carbons (Fsp3) is 0.615. The Morgan fingerprint density at radius 1 is 1.42 bits per heavy atom. The third-order valence-corrected chi connectivity index (χ3v) is 4.06. The molecule has 2 rings (SSSR count). The van der Waals surface area contributed by atoms with E-state index < -0.39 is 0 Å². The average molecular weight is 304 g/mol. The Hall–Kier alpha value is -0.710. The molecule has 6 heteroatoms. The molecule has 1 aliphatic rings. The van der Waals surface area contributed by atoms with Crippen LogP contribution in [0.3, 0.4) is 0 Å². The van der Waals surface area contributed by atoms with E-state index in [4.69, 9.17) is 28.3 Å². The number of hydrogen-bond acceptors (Lipinski definition) is 4. The van der Waals surface area contributed by atoms with Crippen molar-refractivity contribution in [2.24, 2.45) is 0 Å². The number of aliphatic hydroxyl groups excluding tert-OH is 1. The molecule has 0 amide bonds. The Labute approximate surface area is 123 Å². The molecule has 106 valence electrons. The Morgan fingerprint density at radius 2 is 2.16 bits per heavy atom. The first kappa shape index (κ1) is 14.7. The van der Waals surface area contributed by atoms with Crippen LogP contribution in [0.1, 0.15) is 25.7 Å². The molecule has 1 aromatic heterocycles. The Bertz CT molecular complexity index is 438. The van der Waals surface area contributed by atoms with Gasteiger partial charge in [0.05, 0.1) is 10.0 Å². The standard InChI is InChI=1S/C13H19Cl2N3O/c1-16-12-10(14)8-11(15)13(17-12)18(6-3-7-19)9-4-2-5-9/h8-9,19H,2-7H2,1H3,(H,16,17). The van der Waals surface area contributed by atoms with Gasteiger partial charge in [0.25, 0.3) is 0 Å². The zero-order chi connectivity index (χ0) is 13.8. The van der Waals surface area contributed by atoms with Crippen molar-refractivity contribution >= 4 is 34.8 Å². The number of halogens is 2. The first-order chi connectivity index (χ1) is 9.17. The maximum absolute atomic E-state index is 9.04. The van der Waals surface area contributed by atoms with Gasteiger partial charge in [-0.05, 0) is 31.7 Å². The van der Waals surface area contributed by atoms with Crippen LogP contribution in [0.25, 0.3) is 0 Å². The van der Waals surface area contributed by atoms with Crippen molar-refractivity contribution < 1.29 is 5.11 Å². The van der Waals surface area contributed by atoms with Crippen LogP contribution in [0.2, 0.25) is 10.0 Å². The van der Waals surface area contributed by atoms with Gasteiger partial charge in [0.1, 0.15) is 11.6 Å². The van der Waals surface area contributed by atoms with E-state index in [-0.39, 0.29) is 6.61 Å². The normalized spacial score (nSPS) is 15.2. The number of aromatic nitrogens is 1. The van der Waals surface area contributed by atoms with Crippen LogP contribution >= 0.6 is 23.2 Å². The minimum atomic E-state index is 0.174. The number of hydrogen-bond donors (Lipinski definition) is 2. The summed E-state index contributed by atoms with van der Waals surface area (Å²) in [5.74, 6) is 1.39. The minimum absolute atomic E-state index is 0.174. The molecule has 0 radical (unpaired) electrons. The van der Waals surface area contributed by atoms with Gasteiger partial charge < -0.3 is 15.3 Å². The number of nitrogens with one attached hydrogen (secondary N) is 1. The second-order valence-electron chi connectivity index (χ2n) is 4.73. The van der Waals surface area contributed by atoms with Gasteiger partial charge in [-0.3, -0.25) is 0 Å². The predicted octanol–water partition coefficient (Wildman–Crippen LogP) is 3.17. The molecule has 1 fully saturated rings. The molecule has 2 N–H and O–H groups in total. The second kappa shape index (κ2) is 6.64. The molecule has 1 heterocycles. The zero-order valence-corrected chi connectivity index (χ0v) is 12.5. The van der Waals surface area contributed by atoms with E-state index in [1.807, 2.05) is 0 Å². The third kappa shape index (κ3) is 3.25. The maximum Gasteiger partial charge on any atom is 0.150 e. The van der Waals surface area contributed by atoms with Crippen molar-refractivity contribution in [2.75, 3.05) is 30.4 Å². The lowest BCUT2D eigenvalue weighted by molar-refractivity contribution is 0.282. The first-order valence-electron chi connectivity index (χ1n) is 6.58. The van der Waals surface area contributed by atoms with Crippen LogP contribution < -0.4 is 10.2 Å². The van der Waals surface area contributed by atoms with Crippen LogP contribution in [-0.2, 0) is 0 Å². The highest BCUT2D eigenvalue weighted by molar-refractivity contribution is 6.37. The summed E-state index contributed by atoms with van der Waals surface area (Å²) in [6, 6.07) is 2.20. The summed E-state index contributed by atoms with van der Waals surface area (Å²) in [6.07, 6.45) is 4.26. The van der Waals surface area contributed by atoms with Crippen LogP contribution in [0.4, 0.5) is 11.6 Å². The molecular weight excluding hydrogens is 285 g/mol. The molecular formula is C13H19Cl2N3O. The fourth-order valence-corrected chi connectivity index (χ4v) is 2.80. The quantitative estimate of drug-likeness (QED) is 0.847. The number of pyridine rings is 1. The van der Waals surface area contributed by atoms with Gasteiger partial charge >= 0.3 is 0 Å². The molecule has 0 unspecified atom stereocenters. The van der Waals surface area contributed by atoms with Crippen molar-refractivity contribution in [1.82, 2.24) is 4.98 Å². The molecule has 1 aliphatic carbocycles. The summed E-state index contributed by atoms with van der Waals surface area (Å²) < 4.78 is 0.